The minimum atomic E-state index is -3.09. The van der Waals surface area contributed by atoms with Crippen molar-refractivity contribution in [2.75, 3.05) is 31.3 Å². The molecule has 1 atom stereocenters. The summed E-state index contributed by atoms with van der Waals surface area (Å²) in [6, 6.07) is 6.24. The van der Waals surface area contributed by atoms with Crippen LogP contribution in [-0.2, 0) is 19.4 Å². The van der Waals surface area contributed by atoms with Gasteiger partial charge in [0.15, 0.2) is 16.4 Å². The number of sulfone groups is 1. The van der Waals surface area contributed by atoms with Gasteiger partial charge in [0.1, 0.15) is 5.75 Å². The fraction of sp³-hybridized carbons (Fsp3) is 0.600. The van der Waals surface area contributed by atoms with Crippen LogP contribution in [0.5, 0.6) is 5.75 Å². The van der Waals surface area contributed by atoms with E-state index in [4.69, 9.17) is 9.47 Å². The van der Waals surface area contributed by atoms with Crippen molar-refractivity contribution in [1.82, 2.24) is 4.90 Å². The average Bonchev–Trinajstić information content (AvgIpc) is 3.00. The van der Waals surface area contributed by atoms with Crippen molar-refractivity contribution in [1.29, 1.82) is 0 Å². The highest BCUT2D eigenvalue weighted by Crippen LogP contribution is 2.18. The second-order valence-corrected chi connectivity index (χ2v) is 9.60. The highest BCUT2D eigenvalue weighted by molar-refractivity contribution is 7.91. The highest BCUT2D eigenvalue weighted by Gasteiger charge is 2.34. The molecule has 8 heteroatoms. The van der Waals surface area contributed by atoms with E-state index in [-0.39, 0.29) is 23.5 Å². The number of esters is 1. The van der Waals surface area contributed by atoms with Gasteiger partial charge in [-0.05, 0) is 49.9 Å². The van der Waals surface area contributed by atoms with Gasteiger partial charge in [-0.25, -0.2) is 13.2 Å². The molecule has 1 aromatic carbocycles. The van der Waals surface area contributed by atoms with Crippen molar-refractivity contribution in [3.05, 3.63) is 29.8 Å². The molecule has 28 heavy (non-hydrogen) atoms. The Morgan fingerprint density at radius 2 is 1.89 bits per heavy atom. The summed E-state index contributed by atoms with van der Waals surface area (Å²) in [5.41, 5.74) is 0.329. The number of amides is 1. The zero-order chi connectivity index (χ0) is 20.7. The van der Waals surface area contributed by atoms with Crippen molar-refractivity contribution < 1.29 is 27.5 Å². The number of carbonyl (C=O) groups is 2. The van der Waals surface area contributed by atoms with Gasteiger partial charge in [-0.2, -0.15) is 0 Å². The number of hydrogen-bond donors (Lipinski definition) is 0. The number of hydrogen-bond acceptors (Lipinski definition) is 6. The largest absolute Gasteiger partial charge is 0.494 e. The lowest BCUT2D eigenvalue weighted by Gasteiger charge is -2.26. The Hall–Kier alpha value is -2.09. The van der Waals surface area contributed by atoms with Gasteiger partial charge in [0.2, 0.25) is 0 Å². The van der Waals surface area contributed by atoms with Crippen molar-refractivity contribution >= 4 is 21.7 Å². The van der Waals surface area contributed by atoms with E-state index >= 15 is 0 Å². The topological polar surface area (TPSA) is 90.0 Å². The maximum absolute atomic E-state index is 12.4. The highest BCUT2D eigenvalue weighted by atomic mass is 32.2. The third-order valence-corrected chi connectivity index (χ3v) is 6.44. The molecule has 0 aromatic heterocycles. The van der Waals surface area contributed by atoms with Gasteiger partial charge in [0, 0.05) is 12.6 Å². The third kappa shape index (κ3) is 6.51. The fourth-order valence-electron chi connectivity index (χ4n) is 3.05. The predicted octanol–water partition coefficient (Wildman–Crippen LogP) is 2.30. The monoisotopic (exact) mass is 411 g/mol. The maximum Gasteiger partial charge on any atom is 0.338 e. The van der Waals surface area contributed by atoms with E-state index in [0.29, 0.717) is 36.8 Å². The normalized spacial score (nSPS) is 18.1. The van der Waals surface area contributed by atoms with Gasteiger partial charge in [0.25, 0.3) is 5.91 Å². The summed E-state index contributed by atoms with van der Waals surface area (Å²) in [5.74, 6) is 0.307. The third-order valence-electron chi connectivity index (χ3n) is 4.69. The summed E-state index contributed by atoms with van der Waals surface area (Å²) >= 11 is 0. The second kappa shape index (κ2) is 9.91. The quantitative estimate of drug-likeness (QED) is 0.579. The summed E-state index contributed by atoms with van der Waals surface area (Å²) in [6.45, 7) is 6.60. The maximum atomic E-state index is 12.4. The van der Waals surface area contributed by atoms with Crippen LogP contribution >= 0.6 is 0 Å². The Morgan fingerprint density at radius 3 is 2.43 bits per heavy atom. The van der Waals surface area contributed by atoms with Crippen LogP contribution < -0.4 is 4.74 Å². The Morgan fingerprint density at radius 1 is 1.21 bits per heavy atom. The zero-order valence-electron chi connectivity index (χ0n) is 16.7. The molecular formula is C20H29NO6S. The van der Waals surface area contributed by atoms with E-state index in [1.807, 2.05) is 0 Å². The minimum Gasteiger partial charge on any atom is -0.494 e. The molecule has 0 bridgehead atoms. The summed E-state index contributed by atoms with van der Waals surface area (Å²) in [6.07, 6.45) is 1.37. The van der Waals surface area contributed by atoms with Crippen LogP contribution in [0.2, 0.25) is 0 Å². The molecule has 1 saturated heterocycles. The number of likely N-dealkylation sites (N-methyl/N-ethyl adjacent to an activating group) is 1. The molecule has 1 fully saturated rings. The van der Waals surface area contributed by atoms with E-state index in [1.165, 1.54) is 4.90 Å². The zero-order valence-corrected chi connectivity index (χ0v) is 17.5. The van der Waals surface area contributed by atoms with Crippen molar-refractivity contribution in [3.63, 3.8) is 0 Å². The van der Waals surface area contributed by atoms with E-state index in [9.17, 15) is 18.0 Å². The smallest absolute Gasteiger partial charge is 0.338 e. The van der Waals surface area contributed by atoms with Gasteiger partial charge < -0.3 is 14.4 Å². The minimum absolute atomic E-state index is 0.0290. The van der Waals surface area contributed by atoms with E-state index in [2.05, 4.69) is 13.8 Å². The summed E-state index contributed by atoms with van der Waals surface area (Å²) < 4.78 is 34.0. The van der Waals surface area contributed by atoms with E-state index in [1.54, 1.807) is 31.2 Å². The Balaban J connectivity index is 1.84. The number of rotatable bonds is 9. The molecule has 2 rings (SSSR count). The van der Waals surface area contributed by atoms with Gasteiger partial charge in [0.05, 0.1) is 23.7 Å². The van der Waals surface area contributed by atoms with Crippen LogP contribution in [0.1, 0.15) is 44.0 Å². The molecule has 0 spiro atoms. The van der Waals surface area contributed by atoms with Crippen molar-refractivity contribution in [3.8, 4) is 5.75 Å². The van der Waals surface area contributed by atoms with Crippen molar-refractivity contribution in [2.45, 2.75) is 39.7 Å². The van der Waals surface area contributed by atoms with Crippen LogP contribution in [0, 0.1) is 5.92 Å². The Bertz CT molecular complexity index is 772. The molecule has 1 aromatic rings. The first-order chi connectivity index (χ1) is 13.2. The van der Waals surface area contributed by atoms with Crippen LogP contribution in [0.15, 0.2) is 24.3 Å². The van der Waals surface area contributed by atoms with Crippen molar-refractivity contribution in [2.24, 2.45) is 5.92 Å². The predicted molar refractivity (Wildman–Crippen MR) is 106 cm³/mol. The molecule has 0 radical (unpaired) electrons. The first-order valence-electron chi connectivity index (χ1n) is 9.61. The van der Waals surface area contributed by atoms with Gasteiger partial charge >= 0.3 is 5.97 Å². The number of ether oxygens (including phenoxy) is 2. The van der Waals surface area contributed by atoms with E-state index in [0.717, 1.165) is 6.42 Å². The van der Waals surface area contributed by atoms with E-state index < -0.39 is 22.4 Å². The molecule has 1 amide bonds. The molecule has 1 aliphatic heterocycles. The number of benzene rings is 1. The molecule has 1 heterocycles. The van der Waals surface area contributed by atoms with Crippen LogP contribution in [0.3, 0.4) is 0 Å². The molecule has 1 aliphatic rings. The summed E-state index contributed by atoms with van der Waals surface area (Å²) in [7, 11) is -3.09. The molecular weight excluding hydrogens is 382 g/mol. The van der Waals surface area contributed by atoms with Crippen LogP contribution in [0.4, 0.5) is 0 Å². The first-order valence-corrected chi connectivity index (χ1v) is 11.4. The molecule has 0 saturated carbocycles. The fourth-order valence-corrected chi connectivity index (χ4v) is 4.78. The molecule has 0 aliphatic carbocycles. The van der Waals surface area contributed by atoms with Crippen LogP contribution in [-0.4, -0.2) is 62.5 Å². The number of carbonyl (C=O) groups excluding carboxylic acids is 2. The Kier molecular flexibility index (Phi) is 7.86. The lowest BCUT2D eigenvalue weighted by atomic mass is 10.1. The molecule has 7 nitrogen and oxygen atoms in total. The standard InChI is InChI=1S/C20H29NO6S/c1-4-21(17-10-12-28(24,25)14-17)19(22)13-27-20(23)16-5-7-18(8-6-16)26-11-9-15(2)3/h5-8,15,17H,4,9-14H2,1-3H3. The lowest BCUT2D eigenvalue weighted by Crippen LogP contribution is -2.43. The van der Waals surface area contributed by atoms with Gasteiger partial charge in [-0.15, -0.1) is 0 Å². The SMILES string of the molecule is CCN(C(=O)COC(=O)c1ccc(OCCC(C)C)cc1)C1CCS(=O)(=O)C1. The van der Waals surface area contributed by atoms with Crippen LogP contribution in [0.25, 0.3) is 0 Å². The first kappa shape index (κ1) is 22.2. The summed E-state index contributed by atoms with van der Waals surface area (Å²) in [4.78, 5) is 26.0. The Labute approximate surface area is 166 Å². The lowest BCUT2D eigenvalue weighted by molar-refractivity contribution is -0.136. The summed E-state index contributed by atoms with van der Waals surface area (Å²) in [5, 5.41) is 0. The molecule has 0 N–H and O–H groups in total. The molecule has 156 valence electrons. The van der Waals surface area contributed by atoms with Gasteiger partial charge in [-0.1, -0.05) is 13.8 Å². The number of nitrogens with zero attached hydrogens (tertiary/aromatic N) is 1. The van der Waals surface area contributed by atoms with Gasteiger partial charge in [-0.3, -0.25) is 4.79 Å². The second-order valence-electron chi connectivity index (χ2n) is 7.37. The molecule has 1 unspecified atom stereocenters. The average molecular weight is 412 g/mol.